The molecular weight excluding hydrogens is 274 g/mol. The summed E-state index contributed by atoms with van der Waals surface area (Å²) in [7, 11) is 0. The minimum absolute atomic E-state index is 0.171. The van der Waals surface area contributed by atoms with Crippen LogP contribution in [0.1, 0.15) is 26.7 Å². The first-order valence-electron chi connectivity index (χ1n) is 6.01. The predicted octanol–water partition coefficient (Wildman–Crippen LogP) is 2.58. The van der Waals surface area contributed by atoms with Crippen molar-refractivity contribution in [3.8, 4) is 6.01 Å². The second-order valence-corrected chi connectivity index (χ2v) is 5.58. The molecule has 0 bridgehead atoms. The molecule has 100 valence electrons. The Morgan fingerprint density at radius 3 is 2.94 bits per heavy atom. The maximum Gasteiger partial charge on any atom is 0.321 e. The minimum atomic E-state index is 0.171. The predicted molar refractivity (Wildman–Crippen MR) is 70.3 cm³/mol. The lowest BCUT2D eigenvalue weighted by molar-refractivity contribution is 0.127. The molecule has 0 amide bonds. The first-order chi connectivity index (χ1) is 8.69. The second-order valence-electron chi connectivity index (χ2n) is 4.04. The van der Waals surface area contributed by atoms with E-state index in [1.165, 1.54) is 0 Å². The van der Waals surface area contributed by atoms with Crippen LogP contribution < -0.4 is 4.74 Å². The molecule has 2 heterocycles. The van der Waals surface area contributed by atoms with Gasteiger partial charge in [0, 0.05) is 11.9 Å². The van der Waals surface area contributed by atoms with Gasteiger partial charge in [-0.05, 0) is 31.4 Å². The molecule has 2 rings (SSSR count). The normalized spacial score (nSPS) is 23.3. The Bertz CT molecular complexity index is 408. The van der Waals surface area contributed by atoms with Gasteiger partial charge in [0.15, 0.2) is 5.16 Å². The minimum Gasteiger partial charge on any atom is -0.463 e. The number of hydrogen-bond acceptors (Lipinski definition) is 6. The number of rotatable bonds is 5. The summed E-state index contributed by atoms with van der Waals surface area (Å²) in [5, 5.41) is 1.14. The monoisotopic (exact) mass is 289 g/mol. The lowest BCUT2D eigenvalue weighted by atomic mass is 10.3. The van der Waals surface area contributed by atoms with E-state index in [1.54, 1.807) is 11.8 Å². The summed E-state index contributed by atoms with van der Waals surface area (Å²) in [5.41, 5.74) is 0. The second kappa shape index (κ2) is 6.54. The zero-order valence-corrected chi connectivity index (χ0v) is 12.0. The van der Waals surface area contributed by atoms with Crippen molar-refractivity contribution in [3.05, 3.63) is 5.28 Å². The Hall–Kier alpha value is -0.590. The Kier molecular flexibility index (Phi) is 5.03. The van der Waals surface area contributed by atoms with E-state index in [-0.39, 0.29) is 11.4 Å². The molecule has 0 spiro atoms. The van der Waals surface area contributed by atoms with Gasteiger partial charge in [-0.15, -0.1) is 0 Å². The van der Waals surface area contributed by atoms with Crippen LogP contribution >= 0.6 is 23.4 Å². The van der Waals surface area contributed by atoms with Gasteiger partial charge >= 0.3 is 6.01 Å². The summed E-state index contributed by atoms with van der Waals surface area (Å²) >= 11 is 7.43. The third-order valence-electron chi connectivity index (χ3n) is 2.57. The van der Waals surface area contributed by atoms with Crippen LogP contribution in [0.5, 0.6) is 6.01 Å². The molecule has 7 heteroatoms. The maximum absolute atomic E-state index is 5.86. The third kappa shape index (κ3) is 3.70. The Morgan fingerprint density at radius 1 is 1.44 bits per heavy atom. The van der Waals surface area contributed by atoms with Gasteiger partial charge in [-0.1, -0.05) is 18.7 Å². The molecule has 18 heavy (non-hydrogen) atoms. The number of nitrogens with zero attached hydrogens (tertiary/aromatic N) is 3. The van der Waals surface area contributed by atoms with Gasteiger partial charge in [-0.3, -0.25) is 0 Å². The third-order valence-corrected chi connectivity index (χ3v) is 4.05. The van der Waals surface area contributed by atoms with Crippen LogP contribution in [0.4, 0.5) is 0 Å². The topological polar surface area (TPSA) is 57.1 Å². The molecular formula is C11H16ClN3O2S. The van der Waals surface area contributed by atoms with E-state index in [2.05, 4.69) is 21.9 Å². The average Bonchev–Trinajstić information content (AvgIpc) is 2.72. The highest BCUT2D eigenvalue weighted by atomic mass is 35.5. The van der Waals surface area contributed by atoms with Crippen LogP contribution in [0.2, 0.25) is 5.28 Å². The van der Waals surface area contributed by atoms with Gasteiger partial charge in [0.05, 0.1) is 12.7 Å². The standard InChI is InChI=1S/C11H16ClN3O2S/c1-3-5-17-10-13-9(12)14-11(15-10)18-8-4-6-16-7(8)2/h7-8H,3-6H2,1-2H3. The summed E-state index contributed by atoms with van der Waals surface area (Å²) in [6, 6.07) is 0.297. The van der Waals surface area contributed by atoms with Crippen molar-refractivity contribution in [1.82, 2.24) is 15.0 Å². The average molecular weight is 290 g/mol. The van der Waals surface area contributed by atoms with E-state index in [9.17, 15) is 0 Å². The van der Waals surface area contributed by atoms with E-state index in [1.807, 2.05) is 6.92 Å². The highest BCUT2D eigenvalue weighted by Crippen LogP contribution is 2.31. The molecule has 1 aromatic heterocycles. The molecule has 0 N–H and O–H groups in total. The van der Waals surface area contributed by atoms with Crippen LogP contribution in [0.25, 0.3) is 0 Å². The first kappa shape index (κ1) is 13.8. The summed E-state index contributed by atoms with van der Waals surface area (Å²) in [4.78, 5) is 12.3. The van der Waals surface area contributed by atoms with E-state index in [0.29, 0.717) is 23.0 Å². The van der Waals surface area contributed by atoms with Gasteiger partial charge in [0.2, 0.25) is 5.28 Å². The van der Waals surface area contributed by atoms with Gasteiger partial charge in [-0.25, -0.2) is 0 Å². The van der Waals surface area contributed by atoms with Crippen molar-refractivity contribution < 1.29 is 9.47 Å². The zero-order valence-electron chi connectivity index (χ0n) is 10.4. The fourth-order valence-electron chi connectivity index (χ4n) is 1.63. The van der Waals surface area contributed by atoms with Crippen LogP contribution in [-0.2, 0) is 4.74 Å². The molecule has 2 atom stereocenters. The number of thioether (sulfide) groups is 1. The van der Waals surface area contributed by atoms with Gasteiger partial charge in [0.1, 0.15) is 0 Å². The van der Waals surface area contributed by atoms with Crippen LogP contribution in [0.3, 0.4) is 0 Å². The lowest BCUT2D eigenvalue weighted by Gasteiger charge is -2.12. The molecule has 1 fully saturated rings. The molecule has 0 radical (unpaired) electrons. The summed E-state index contributed by atoms with van der Waals surface area (Å²) in [6.07, 6.45) is 2.12. The number of ether oxygens (including phenoxy) is 2. The Balaban J connectivity index is 2.05. The Morgan fingerprint density at radius 2 is 2.28 bits per heavy atom. The van der Waals surface area contributed by atoms with E-state index in [4.69, 9.17) is 21.1 Å². The van der Waals surface area contributed by atoms with Gasteiger partial charge in [-0.2, -0.15) is 15.0 Å². The lowest BCUT2D eigenvalue weighted by Crippen LogP contribution is -2.14. The molecule has 2 unspecified atom stereocenters. The SMILES string of the molecule is CCCOc1nc(Cl)nc(SC2CCOC2C)n1. The largest absolute Gasteiger partial charge is 0.463 e. The maximum atomic E-state index is 5.86. The molecule has 0 aliphatic carbocycles. The van der Waals surface area contributed by atoms with Crippen LogP contribution in [-0.4, -0.2) is 39.5 Å². The van der Waals surface area contributed by atoms with E-state index < -0.39 is 0 Å². The molecule has 1 aliphatic rings. The molecule has 0 saturated carbocycles. The molecule has 0 aromatic carbocycles. The Labute approximate surface area is 116 Å². The molecule has 5 nitrogen and oxygen atoms in total. The number of aromatic nitrogens is 3. The van der Waals surface area contributed by atoms with Crippen molar-refractivity contribution in [1.29, 1.82) is 0 Å². The van der Waals surface area contributed by atoms with E-state index >= 15 is 0 Å². The van der Waals surface area contributed by atoms with Crippen LogP contribution in [0.15, 0.2) is 5.16 Å². The smallest absolute Gasteiger partial charge is 0.321 e. The number of hydrogen-bond donors (Lipinski definition) is 0. The van der Waals surface area contributed by atoms with Crippen molar-refractivity contribution in [2.24, 2.45) is 0 Å². The molecule has 1 aromatic rings. The fraction of sp³-hybridized carbons (Fsp3) is 0.727. The first-order valence-corrected chi connectivity index (χ1v) is 7.27. The van der Waals surface area contributed by atoms with Crippen molar-refractivity contribution >= 4 is 23.4 Å². The summed E-state index contributed by atoms with van der Waals surface area (Å²) in [6.45, 7) is 5.45. The molecule has 1 aliphatic heterocycles. The highest BCUT2D eigenvalue weighted by molar-refractivity contribution is 7.99. The molecule has 1 saturated heterocycles. The summed E-state index contributed by atoms with van der Waals surface area (Å²) < 4.78 is 10.9. The fourth-order valence-corrected chi connectivity index (χ4v) is 2.86. The van der Waals surface area contributed by atoms with Gasteiger partial charge in [0.25, 0.3) is 0 Å². The van der Waals surface area contributed by atoms with Crippen molar-refractivity contribution in [2.45, 2.75) is 43.2 Å². The van der Waals surface area contributed by atoms with Crippen molar-refractivity contribution in [3.63, 3.8) is 0 Å². The van der Waals surface area contributed by atoms with Crippen LogP contribution in [0, 0.1) is 0 Å². The van der Waals surface area contributed by atoms with Crippen molar-refractivity contribution in [2.75, 3.05) is 13.2 Å². The summed E-state index contributed by atoms with van der Waals surface area (Å²) in [5.74, 6) is 0. The van der Waals surface area contributed by atoms with Gasteiger partial charge < -0.3 is 9.47 Å². The highest BCUT2D eigenvalue weighted by Gasteiger charge is 2.26. The van der Waals surface area contributed by atoms with E-state index in [0.717, 1.165) is 19.4 Å². The zero-order chi connectivity index (χ0) is 13.0. The quantitative estimate of drug-likeness (QED) is 0.830. The number of halogens is 1.